The number of aliphatic hydroxyl groups is 1. The molecule has 0 saturated heterocycles. The second kappa shape index (κ2) is 5.35. The Hall–Kier alpha value is -1.11. The minimum Gasteiger partial charge on any atom is -0.398 e. The normalized spacial score (nSPS) is 17.1. The Morgan fingerprint density at radius 3 is 2.40 bits per heavy atom. The van der Waals surface area contributed by atoms with Gasteiger partial charge in [-0.05, 0) is 48.9 Å². The topological polar surface area (TPSA) is 92.4 Å². The van der Waals surface area contributed by atoms with Crippen LogP contribution in [0.1, 0.15) is 37.8 Å². The highest BCUT2D eigenvalue weighted by molar-refractivity contribution is 7.89. The Kier molecular flexibility index (Phi) is 4.09. The van der Waals surface area contributed by atoms with Gasteiger partial charge in [0.05, 0.1) is 17.0 Å². The van der Waals surface area contributed by atoms with Gasteiger partial charge in [-0.15, -0.1) is 0 Å². The summed E-state index contributed by atoms with van der Waals surface area (Å²) in [6.07, 6.45) is 2.63. The van der Waals surface area contributed by atoms with Gasteiger partial charge in [0.25, 0.3) is 0 Å². The lowest BCUT2D eigenvalue weighted by Gasteiger charge is -2.18. The van der Waals surface area contributed by atoms with Gasteiger partial charge < -0.3 is 10.8 Å². The molecule has 1 fully saturated rings. The predicted molar refractivity (Wildman–Crippen MR) is 79.0 cm³/mol. The molecule has 112 valence electrons. The molecule has 1 aromatic rings. The number of benzene rings is 1. The first kappa shape index (κ1) is 15.3. The van der Waals surface area contributed by atoms with E-state index < -0.39 is 15.6 Å². The van der Waals surface area contributed by atoms with Crippen LogP contribution in [0.15, 0.2) is 17.0 Å². The first-order chi connectivity index (χ1) is 9.37. The van der Waals surface area contributed by atoms with E-state index in [9.17, 15) is 13.5 Å². The average Bonchev–Trinajstić information content (AvgIpc) is 3.17. The van der Waals surface area contributed by atoms with Crippen LogP contribution in [0.2, 0.25) is 0 Å². The van der Waals surface area contributed by atoms with Gasteiger partial charge >= 0.3 is 0 Å². The van der Waals surface area contributed by atoms with Crippen molar-refractivity contribution in [3.8, 4) is 0 Å². The molecule has 1 aromatic carbocycles. The van der Waals surface area contributed by atoms with Crippen LogP contribution in [0.3, 0.4) is 0 Å². The monoisotopic (exact) mass is 298 g/mol. The van der Waals surface area contributed by atoms with Crippen LogP contribution >= 0.6 is 0 Å². The van der Waals surface area contributed by atoms with Crippen molar-refractivity contribution in [3.05, 3.63) is 23.3 Å². The van der Waals surface area contributed by atoms with Crippen LogP contribution in [0.4, 0.5) is 5.69 Å². The lowest BCUT2D eigenvalue weighted by Crippen LogP contribution is -2.40. The predicted octanol–water partition coefficient (Wildman–Crippen LogP) is 1.20. The number of anilines is 1. The van der Waals surface area contributed by atoms with Crippen LogP contribution in [0, 0.1) is 0 Å². The Balaban J connectivity index is 2.47. The van der Waals surface area contributed by atoms with Crippen molar-refractivity contribution in [1.29, 1.82) is 0 Å². The fourth-order valence-corrected chi connectivity index (χ4v) is 4.17. The van der Waals surface area contributed by atoms with E-state index in [2.05, 4.69) is 4.72 Å². The molecule has 1 saturated carbocycles. The zero-order valence-corrected chi connectivity index (χ0v) is 12.8. The zero-order chi connectivity index (χ0) is 15.0. The van der Waals surface area contributed by atoms with Gasteiger partial charge in [0.2, 0.25) is 10.0 Å². The Labute approximate surface area is 120 Å². The van der Waals surface area contributed by atoms with Crippen molar-refractivity contribution in [2.45, 2.75) is 50.0 Å². The highest BCUT2D eigenvalue weighted by atomic mass is 32.2. The summed E-state index contributed by atoms with van der Waals surface area (Å²) < 4.78 is 27.8. The molecule has 2 rings (SSSR count). The molecule has 0 heterocycles. The molecule has 4 N–H and O–H groups in total. The van der Waals surface area contributed by atoms with Crippen LogP contribution in [-0.2, 0) is 22.9 Å². The molecule has 1 aliphatic carbocycles. The van der Waals surface area contributed by atoms with E-state index in [-0.39, 0.29) is 11.5 Å². The fourth-order valence-electron chi connectivity index (χ4n) is 2.33. The number of sulfonamides is 1. The van der Waals surface area contributed by atoms with Crippen molar-refractivity contribution >= 4 is 15.7 Å². The van der Waals surface area contributed by atoms with Crippen molar-refractivity contribution < 1.29 is 13.5 Å². The molecule has 0 bridgehead atoms. The molecule has 0 aromatic heterocycles. The number of nitrogens with one attached hydrogen (secondary N) is 1. The van der Waals surface area contributed by atoms with Crippen molar-refractivity contribution in [3.63, 3.8) is 0 Å². The molecule has 0 aliphatic heterocycles. The van der Waals surface area contributed by atoms with Gasteiger partial charge in [-0.2, -0.15) is 0 Å². The standard InChI is InChI=1S/C14H22N2O3S/c1-3-10-7-12(15)11(4-2)13(8-10)20(18,19)16-14(9-17)5-6-14/h7-8,16-17H,3-6,9,15H2,1-2H3. The van der Waals surface area contributed by atoms with E-state index in [1.54, 1.807) is 6.07 Å². The van der Waals surface area contributed by atoms with Crippen LogP contribution in [-0.4, -0.2) is 25.7 Å². The number of hydrogen-bond acceptors (Lipinski definition) is 4. The fraction of sp³-hybridized carbons (Fsp3) is 0.571. The highest BCUT2D eigenvalue weighted by Crippen LogP contribution is 2.37. The third-order valence-electron chi connectivity index (χ3n) is 3.86. The van der Waals surface area contributed by atoms with Crippen LogP contribution < -0.4 is 10.5 Å². The summed E-state index contributed by atoms with van der Waals surface area (Å²) in [5.41, 5.74) is 7.36. The molecule has 0 amide bonds. The Morgan fingerprint density at radius 2 is 1.95 bits per heavy atom. The lowest BCUT2D eigenvalue weighted by molar-refractivity contribution is 0.246. The Morgan fingerprint density at radius 1 is 1.30 bits per heavy atom. The summed E-state index contributed by atoms with van der Waals surface area (Å²) in [6, 6.07) is 3.52. The van der Waals surface area contributed by atoms with Gasteiger partial charge in [-0.1, -0.05) is 13.8 Å². The number of nitrogen functional groups attached to an aromatic ring is 1. The van der Waals surface area contributed by atoms with Gasteiger partial charge in [0, 0.05) is 5.69 Å². The molecule has 0 radical (unpaired) electrons. The van der Waals surface area contributed by atoms with Crippen LogP contribution in [0.25, 0.3) is 0 Å². The number of hydrogen-bond donors (Lipinski definition) is 3. The number of aliphatic hydroxyl groups excluding tert-OH is 1. The number of nitrogens with two attached hydrogens (primary N) is 1. The second-order valence-electron chi connectivity index (χ2n) is 5.41. The summed E-state index contributed by atoms with van der Waals surface area (Å²) in [5.74, 6) is 0. The minimum absolute atomic E-state index is 0.170. The molecular weight excluding hydrogens is 276 g/mol. The van der Waals surface area contributed by atoms with Crippen LogP contribution in [0.5, 0.6) is 0 Å². The minimum atomic E-state index is -3.66. The van der Waals surface area contributed by atoms with E-state index in [4.69, 9.17) is 5.73 Å². The largest absolute Gasteiger partial charge is 0.398 e. The highest BCUT2D eigenvalue weighted by Gasteiger charge is 2.45. The van der Waals surface area contributed by atoms with Gasteiger partial charge in [-0.3, -0.25) is 0 Å². The summed E-state index contributed by atoms with van der Waals surface area (Å²) in [6.45, 7) is 3.67. The molecular formula is C14H22N2O3S. The molecule has 0 spiro atoms. The molecule has 0 unspecified atom stereocenters. The van der Waals surface area contributed by atoms with Gasteiger partial charge in [0.15, 0.2) is 0 Å². The van der Waals surface area contributed by atoms with E-state index in [1.165, 1.54) is 0 Å². The summed E-state index contributed by atoms with van der Waals surface area (Å²) in [7, 11) is -3.66. The number of rotatable bonds is 6. The van der Waals surface area contributed by atoms with Crippen molar-refractivity contribution in [2.24, 2.45) is 0 Å². The zero-order valence-electron chi connectivity index (χ0n) is 11.9. The van der Waals surface area contributed by atoms with E-state index in [1.807, 2.05) is 19.9 Å². The maximum absolute atomic E-state index is 12.6. The van der Waals surface area contributed by atoms with Crippen molar-refractivity contribution in [1.82, 2.24) is 4.72 Å². The van der Waals surface area contributed by atoms with Gasteiger partial charge in [-0.25, -0.2) is 13.1 Å². The molecule has 1 aliphatic rings. The van der Waals surface area contributed by atoms with E-state index in [0.717, 1.165) is 12.0 Å². The third kappa shape index (κ3) is 2.82. The quantitative estimate of drug-likeness (QED) is 0.688. The van der Waals surface area contributed by atoms with E-state index >= 15 is 0 Å². The molecule has 6 heteroatoms. The first-order valence-electron chi connectivity index (χ1n) is 6.93. The molecule has 5 nitrogen and oxygen atoms in total. The molecule has 20 heavy (non-hydrogen) atoms. The second-order valence-corrected chi connectivity index (χ2v) is 7.06. The third-order valence-corrected chi connectivity index (χ3v) is 5.51. The number of aryl methyl sites for hydroxylation is 1. The summed E-state index contributed by atoms with van der Waals surface area (Å²) >= 11 is 0. The first-order valence-corrected chi connectivity index (χ1v) is 8.42. The summed E-state index contributed by atoms with van der Waals surface area (Å²) in [4.78, 5) is 0.247. The SMILES string of the molecule is CCc1cc(N)c(CC)c(S(=O)(=O)NC2(CO)CC2)c1. The maximum Gasteiger partial charge on any atom is 0.241 e. The lowest BCUT2D eigenvalue weighted by atomic mass is 10.1. The van der Waals surface area contributed by atoms with Crippen molar-refractivity contribution in [2.75, 3.05) is 12.3 Å². The Bertz CT molecular complexity index is 607. The van der Waals surface area contributed by atoms with Gasteiger partial charge in [0.1, 0.15) is 0 Å². The maximum atomic E-state index is 12.6. The molecule has 0 atom stereocenters. The summed E-state index contributed by atoms with van der Waals surface area (Å²) in [5, 5.41) is 9.30. The average molecular weight is 298 g/mol. The van der Waals surface area contributed by atoms with E-state index in [0.29, 0.717) is 30.5 Å². The smallest absolute Gasteiger partial charge is 0.241 e.